The minimum atomic E-state index is -0.140. The zero-order valence-corrected chi connectivity index (χ0v) is 11.6. The van der Waals surface area contributed by atoms with Crippen molar-refractivity contribution in [3.05, 3.63) is 52.0 Å². The van der Waals surface area contributed by atoms with Gasteiger partial charge in [-0.25, -0.2) is 4.98 Å². The molecule has 19 heavy (non-hydrogen) atoms. The molecule has 1 amide bonds. The van der Waals surface area contributed by atoms with Crippen LogP contribution in [-0.4, -0.2) is 17.4 Å². The summed E-state index contributed by atoms with van der Waals surface area (Å²) in [6.07, 6.45) is 0.816. The lowest BCUT2D eigenvalue weighted by atomic mass is 10.1. The fourth-order valence-electron chi connectivity index (χ4n) is 1.66. The second-order valence-electron chi connectivity index (χ2n) is 4.35. The molecule has 0 aliphatic rings. The van der Waals surface area contributed by atoms with E-state index in [1.165, 1.54) is 16.9 Å². The quantitative estimate of drug-likeness (QED) is 0.878. The summed E-state index contributed by atoms with van der Waals surface area (Å²) in [5, 5.41) is 5.40. The topological polar surface area (TPSA) is 68.0 Å². The molecule has 100 valence electrons. The predicted octanol–water partition coefficient (Wildman–Crippen LogP) is 2.14. The summed E-state index contributed by atoms with van der Waals surface area (Å²) in [5.74, 6) is -0.140. The number of benzene rings is 1. The van der Waals surface area contributed by atoms with Crippen molar-refractivity contribution in [2.75, 3.05) is 6.54 Å². The number of nitrogens with zero attached hydrogens (tertiary/aromatic N) is 1. The highest BCUT2D eigenvalue weighted by molar-refractivity contribution is 7.09. The first-order valence-electron chi connectivity index (χ1n) is 6.20. The van der Waals surface area contributed by atoms with Crippen molar-refractivity contribution in [3.63, 3.8) is 0 Å². The molecule has 4 nitrogen and oxygen atoms in total. The highest BCUT2D eigenvalue weighted by atomic mass is 32.1. The Morgan fingerprint density at radius 3 is 2.79 bits per heavy atom. The van der Waals surface area contributed by atoms with Gasteiger partial charge in [-0.2, -0.15) is 0 Å². The summed E-state index contributed by atoms with van der Waals surface area (Å²) < 4.78 is 0. The molecular weight excluding hydrogens is 258 g/mol. The van der Waals surface area contributed by atoms with E-state index >= 15 is 0 Å². The van der Waals surface area contributed by atoms with Gasteiger partial charge in [0.15, 0.2) is 0 Å². The summed E-state index contributed by atoms with van der Waals surface area (Å²) in [6, 6.07) is 9.93. The Kier molecular flexibility index (Phi) is 4.65. The van der Waals surface area contributed by atoms with Gasteiger partial charge in [-0.15, -0.1) is 11.3 Å². The zero-order chi connectivity index (χ0) is 13.7. The van der Waals surface area contributed by atoms with Crippen molar-refractivity contribution in [1.29, 1.82) is 0 Å². The first kappa shape index (κ1) is 13.7. The zero-order valence-electron chi connectivity index (χ0n) is 10.8. The average molecular weight is 275 g/mol. The van der Waals surface area contributed by atoms with Gasteiger partial charge in [0.05, 0.1) is 6.04 Å². The van der Waals surface area contributed by atoms with Crippen molar-refractivity contribution in [3.8, 4) is 0 Å². The lowest BCUT2D eigenvalue weighted by molar-refractivity contribution is 0.0949. The van der Waals surface area contributed by atoms with Gasteiger partial charge in [0.1, 0.15) is 10.7 Å². The molecule has 1 atom stereocenters. The number of aromatic nitrogens is 1. The van der Waals surface area contributed by atoms with Crippen molar-refractivity contribution >= 4 is 17.2 Å². The molecule has 0 fully saturated rings. The molecule has 1 heterocycles. The average Bonchev–Trinajstić information content (AvgIpc) is 2.89. The van der Waals surface area contributed by atoms with Crippen LogP contribution in [0.2, 0.25) is 0 Å². The van der Waals surface area contributed by atoms with Crippen LogP contribution < -0.4 is 11.1 Å². The van der Waals surface area contributed by atoms with Gasteiger partial charge in [-0.05, 0) is 18.9 Å². The van der Waals surface area contributed by atoms with Crippen LogP contribution in [0.3, 0.4) is 0 Å². The lowest BCUT2D eigenvalue weighted by Gasteiger charge is -2.03. The monoisotopic (exact) mass is 275 g/mol. The lowest BCUT2D eigenvalue weighted by Crippen LogP contribution is -2.26. The number of rotatable bonds is 5. The highest BCUT2D eigenvalue weighted by Gasteiger charge is 2.11. The normalized spacial score (nSPS) is 12.1. The summed E-state index contributed by atoms with van der Waals surface area (Å²) >= 11 is 1.42. The van der Waals surface area contributed by atoms with Crippen LogP contribution in [0, 0.1) is 0 Å². The van der Waals surface area contributed by atoms with Gasteiger partial charge >= 0.3 is 0 Å². The summed E-state index contributed by atoms with van der Waals surface area (Å²) in [7, 11) is 0. The van der Waals surface area contributed by atoms with Gasteiger partial charge in [0.25, 0.3) is 5.91 Å². The van der Waals surface area contributed by atoms with Crippen LogP contribution in [0.1, 0.15) is 34.0 Å². The van der Waals surface area contributed by atoms with E-state index in [-0.39, 0.29) is 11.9 Å². The van der Waals surface area contributed by atoms with Gasteiger partial charge in [0.2, 0.25) is 0 Å². The van der Waals surface area contributed by atoms with E-state index in [4.69, 9.17) is 5.73 Å². The van der Waals surface area contributed by atoms with Gasteiger partial charge in [0, 0.05) is 11.9 Å². The maximum Gasteiger partial charge on any atom is 0.270 e. The number of carbonyl (C=O) groups is 1. The van der Waals surface area contributed by atoms with Crippen LogP contribution in [0.15, 0.2) is 35.7 Å². The maximum atomic E-state index is 11.9. The summed E-state index contributed by atoms with van der Waals surface area (Å²) in [4.78, 5) is 16.1. The van der Waals surface area contributed by atoms with E-state index < -0.39 is 0 Å². The van der Waals surface area contributed by atoms with E-state index in [2.05, 4.69) is 10.3 Å². The molecule has 0 aliphatic heterocycles. The van der Waals surface area contributed by atoms with E-state index in [9.17, 15) is 4.79 Å². The number of amides is 1. The Bertz CT molecular complexity index is 537. The molecule has 0 saturated heterocycles. The third kappa shape index (κ3) is 3.87. The van der Waals surface area contributed by atoms with Crippen LogP contribution in [-0.2, 0) is 6.42 Å². The minimum absolute atomic E-state index is 0.129. The first-order chi connectivity index (χ1) is 9.16. The van der Waals surface area contributed by atoms with Crippen molar-refractivity contribution in [1.82, 2.24) is 10.3 Å². The van der Waals surface area contributed by atoms with Crippen molar-refractivity contribution < 1.29 is 4.79 Å². The summed E-state index contributed by atoms with van der Waals surface area (Å²) in [6.45, 7) is 2.46. The van der Waals surface area contributed by atoms with Crippen molar-refractivity contribution in [2.45, 2.75) is 19.4 Å². The molecule has 2 aromatic rings. The second-order valence-corrected chi connectivity index (χ2v) is 5.24. The molecule has 0 spiro atoms. The molecule has 0 saturated carbocycles. The fraction of sp³-hybridized carbons (Fsp3) is 0.286. The molecule has 5 heteroatoms. The number of thiazole rings is 1. The van der Waals surface area contributed by atoms with Crippen LogP contribution in [0.5, 0.6) is 0 Å². The molecule has 0 aliphatic carbocycles. The van der Waals surface area contributed by atoms with Crippen molar-refractivity contribution in [2.24, 2.45) is 5.73 Å². The minimum Gasteiger partial charge on any atom is -0.350 e. The molecule has 0 radical (unpaired) electrons. The maximum absolute atomic E-state index is 11.9. The largest absolute Gasteiger partial charge is 0.350 e. The Labute approximate surface area is 116 Å². The Morgan fingerprint density at radius 1 is 1.42 bits per heavy atom. The third-order valence-electron chi connectivity index (χ3n) is 2.69. The smallest absolute Gasteiger partial charge is 0.270 e. The van der Waals surface area contributed by atoms with Crippen LogP contribution >= 0.6 is 11.3 Å². The first-order valence-corrected chi connectivity index (χ1v) is 7.08. The third-order valence-corrected chi connectivity index (χ3v) is 3.73. The van der Waals surface area contributed by atoms with Gasteiger partial charge in [-0.3, -0.25) is 4.79 Å². The van der Waals surface area contributed by atoms with E-state index in [1.54, 1.807) is 5.38 Å². The van der Waals surface area contributed by atoms with Crippen LogP contribution in [0.25, 0.3) is 0 Å². The molecule has 2 rings (SSSR count). The number of nitrogens with one attached hydrogen (secondary N) is 1. The molecule has 1 unspecified atom stereocenters. The second kappa shape index (κ2) is 6.45. The Morgan fingerprint density at radius 2 is 2.16 bits per heavy atom. The standard InChI is InChI=1S/C14H17N3OS/c1-10(15)14-17-12(9-19-14)13(18)16-8-7-11-5-3-2-4-6-11/h2-6,9-10H,7-8,15H2,1H3,(H,16,18). The number of carbonyl (C=O) groups excluding carboxylic acids is 1. The molecule has 1 aromatic heterocycles. The molecular formula is C14H17N3OS. The van der Waals surface area contributed by atoms with E-state index in [1.807, 2.05) is 37.3 Å². The number of hydrogen-bond donors (Lipinski definition) is 2. The molecule has 1 aromatic carbocycles. The SMILES string of the molecule is CC(N)c1nc(C(=O)NCCc2ccccc2)cs1. The van der Waals surface area contributed by atoms with Gasteiger partial charge in [-0.1, -0.05) is 30.3 Å². The highest BCUT2D eigenvalue weighted by Crippen LogP contribution is 2.15. The number of hydrogen-bond acceptors (Lipinski definition) is 4. The molecule has 0 bridgehead atoms. The molecule has 3 N–H and O–H groups in total. The van der Waals surface area contributed by atoms with E-state index in [0.717, 1.165) is 11.4 Å². The summed E-state index contributed by atoms with van der Waals surface area (Å²) in [5.41, 5.74) is 7.37. The fourth-order valence-corrected chi connectivity index (χ4v) is 2.41. The Hall–Kier alpha value is -1.72. The predicted molar refractivity (Wildman–Crippen MR) is 77.2 cm³/mol. The van der Waals surface area contributed by atoms with Gasteiger partial charge < -0.3 is 11.1 Å². The van der Waals surface area contributed by atoms with E-state index in [0.29, 0.717) is 12.2 Å². The van der Waals surface area contributed by atoms with Crippen LogP contribution in [0.4, 0.5) is 0 Å². The number of nitrogens with two attached hydrogens (primary N) is 1. The Balaban J connectivity index is 1.84.